The number of para-hydroxylation sites is 1. The lowest BCUT2D eigenvalue weighted by Gasteiger charge is -2.04. The van der Waals surface area contributed by atoms with Crippen molar-refractivity contribution in [2.24, 2.45) is 4.99 Å². The van der Waals surface area contributed by atoms with Crippen LogP contribution in [-0.4, -0.2) is 23.4 Å². The molecule has 1 heterocycles. The van der Waals surface area contributed by atoms with Crippen molar-refractivity contribution in [1.29, 1.82) is 0 Å². The minimum absolute atomic E-state index is 0.0119. The molecular weight excluding hydrogens is 402 g/mol. The average Bonchev–Trinajstić information content (AvgIpc) is 3.13. The number of oxazole rings is 1. The molecule has 4 aromatic rings. The zero-order valence-electron chi connectivity index (χ0n) is 15.0. The normalized spacial score (nSPS) is 11.4. The number of hydrogen-bond donors (Lipinski definition) is 1. The van der Waals surface area contributed by atoms with Crippen molar-refractivity contribution in [2.45, 2.75) is 0 Å². The minimum Gasteiger partial charge on any atom is -0.504 e. The highest BCUT2D eigenvalue weighted by Gasteiger charge is 2.16. The van der Waals surface area contributed by atoms with E-state index in [1.807, 2.05) is 0 Å². The zero-order chi connectivity index (χ0) is 20.5. The van der Waals surface area contributed by atoms with Crippen molar-refractivity contribution >= 4 is 34.6 Å². The first-order valence-corrected chi connectivity index (χ1v) is 8.79. The number of hydrogen-bond acceptors (Lipinski definition) is 5. The number of benzene rings is 3. The Morgan fingerprint density at radius 1 is 1.14 bits per heavy atom. The molecule has 0 aliphatic carbocycles. The van der Waals surface area contributed by atoms with Crippen LogP contribution in [0.1, 0.15) is 5.56 Å². The molecule has 1 aromatic heterocycles. The van der Waals surface area contributed by atoms with Crippen molar-refractivity contribution in [3.8, 4) is 23.0 Å². The molecule has 0 amide bonds. The second kappa shape index (κ2) is 7.52. The highest BCUT2D eigenvalue weighted by Crippen LogP contribution is 2.33. The lowest BCUT2D eigenvalue weighted by molar-refractivity contribution is 0.373. The first-order valence-electron chi connectivity index (χ1n) is 8.42. The summed E-state index contributed by atoms with van der Waals surface area (Å²) in [7, 11) is 1.46. The van der Waals surface area contributed by atoms with Gasteiger partial charge in [0, 0.05) is 11.8 Å². The van der Waals surface area contributed by atoms with Crippen LogP contribution in [0.3, 0.4) is 0 Å². The Hall–Kier alpha value is -3.45. The lowest BCUT2D eigenvalue weighted by Crippen LogP contribution is -1.88. The van der Waals surface area contributed by atoms with E-state index in [9.17, 15) is 13.9 Å². The predicted octanol–water partition coefficient (Wildman–Crippen LogP) is 5.89. The van der Waals surface area contributed by atoms with Crippen LogP contribution in [0.25, 0.3) is 22.6 Å². The van der Waals surface area contributed by atoms with E-state index < -0.39 is 11.6 Å². The van der Waals surface area contributed by atoms with Crippen molar-refractivity contribution in [2.75, 3.05) is 7.11 Å². The van der Waals surface area contributed by atoms with Gasteiger partial charge >= 0.3 is 0 Å². The van der Waals surface area contributed by atoms with E-state index in [1.54, 1.807) is 36.4 Å². The van der Waals surface area contributed by atoms with Crippen LogP contribution in [0.15, 0.2) is 57.9 Å². The van der Waals surface area contributed by atoms with Crippen molar-refractivity contribution in [3.63, 3.8) is 0 Å². The van der Waals surface area contributed by atoms with Gasteiger partial charge in [0.25, 0.3) is 0 Å². The molecule has 0 radical (unpaired) electrons. The Labute approximate surface area is 168 Å². The lowest BCUT2D eigenvalue weighted by atomic mass is 10.2. The number of phenols is 1. The summed E-state index contributed by atoms with van der Waals surface area (Å²) in [5.41, 5.74) is 2.08. The van der Waals surface area contributed by atoms with Gasteiger partial charge in [-0.3, -0.25) is 4.99 Å². The number of phenolic OH excluding ortho intramolecular Hbond substituents is 1. The number of fused-ring (bicyclic) bond motifs is 1. The van der Waals surface area contributed by atoms with Crippen LogP contribution >= 0.6 is 11.6 Å². The molecule has 1 N–H and O–H groups in total. The molecule has 0 aliphatic heterocycles. The molecule has 5 nitrogen and oxygen atoms in total. The Balaban J connectivity index is 1.68. The molecule has 0 spiro atoms. The SMILES string of the molecule is COc1cccc(C=Nc2ccc3oc(-c4cc(F)c(F)cc4Cl)nc3c2)c1O. The Bertz CT molecular complexity index is 1250. The number of aliphatic imine (C=N–C) groups is 1. The zero-order valence-corrected chi connectivity index (χ0v) is 15.7. The molecule has 0 saturated carbocycles. The third-order valence-corrected chi connectivity index (χ3v) is 4.53. The van der Waals surface area contributed by atoms with Gasteiger partial charge in [0.05, 0.1) is 23.4 Å². The van der Waals surface area contributed by atoms with E-state index in [0.29, 0.717) is 28.1 Å². The third kappa shape index (κ3) is 3.64. The van der Waals surface area contributed by atoms with Crippen LogP contribution in [0.4, 0.5) is 14.5 Å². The van der Waals surface area contributed by atoms with Gasteiger partial charge < -0.3 is 14.3 Å². The maximum atomic E-state index is 13.6. The summed E-state index contributed by atoms with van der Waals surface area (Å²) in [5.74, 6) is -1.71. The van der Waals surface area contributed by atoms with E-state index in [-0.39, 0.29) is 22.2 Å². The molecule has 146 valence electrons. The Morgan fingerprint density at radius 3 is 2.72 bits per heavy atom. The molecule has 0 atom stereocenters. The monoisotopic (exact) mass is 414 g/mol. The van der Waals surface area contributed by atoms with Crippen LogP contribution in [0.2, 0.25) is 5.02 Å². The summed E-state index contributed by atoms with van der Waals surface area (Å²) in [4.78, 5) is 8.62. The fraction of sp³-hybridized carbons (Fsp3) is 0.0476. The minimum atomic E-state index is -1.05. The van der Waals surface area contributed by atoms with Gasteiger partial charge in [-0.05, 0) is 42.5 Å². The van der Waals surface area contributed by atoms with E-state index in [0.717, 1.165) is 12.1 Å². The molecular formula is C21H13ClF2N2O3. The second-order valence-electron chi connectivity index (χ2n) is 6.07. The fourth-order valence-corrected chi connectivity index (χ4v) is 2.98. The molecule has 0 aliphatic rings. The van der Waals surface area contributed by atoms with Crippen LogP contribution in [-0.2, 0) is 0 Å². The maximum Gasteiger partial charge on any atom is 0.228 e. The number of aromatic hydroxyl groups is 1. The first-order chi connectivity index (χ1) is 14.0. The first kappa shape index (κ1) is 18.9. The number of methoxy groups -OCH3 is 1. The van der Waals surface area contributed by atoms with Crippen molar-refractivity contribution in [3.05, 3.63) is 70.8 Å². The Morgan fingerprint density at radius 2 is 1.93 bits per heavy atom. The molecule has 0 saturated heterocycles. The van der Waals surface area contributed by atoms with Gasteiger partial charge in [0.2, 0.25) is 5.89 Å². The predicted molar refractivity (Wildman–Crippen MR) is 106 cm³/mol. The summed E-state index contributed by atoms with van der Waals surface area (Å²) in [6.45, 7) is 0. The van der Waals surface area contributed by atoms with E-state index in [4.69, 9.17) is 20.8 Å². The molecule has 8 heteroatoms. The number of rotatable bonds is 4. The van der Waals surface area contributed by atoms with E-state index in [1.165, 1.54) is 13.3 Å². The second-order valence-corrected chi connectivity index (χ2v) is 6.48. The number of aromatic nitrogens is 1. The van der Waals surface area contributed by atoms with Crippen molar-refractivity contribution in [1.82, 2.24) is 4.98 Å². The summed E-state index contributed by atoms with van der Waals surface area (Å²) in [6, 6.07) is 11.9. The summed E-state index contributed by atoms with van der Waals surface area (Å²) in [6.07, 6.45) is 1.49. The molecule has 0 unspecified atom stereocenters. The topological polar surface area (TPSA) is 67.9 Å². The van der Waals surface area contributed by atoms with Gasteiger partial charge in [0.1, 0.15) is 5.52 Å². The van der Waals surface area contributed by atoms with Crippen molar-refractivity contribution < 1.29 is 23.0 Å². The van der Waals surface area contributed by atoms with Crippen LogP contribution in [0, 0.1) is 11.6 Å². The van der Waals surface area contributed by atoms with Gasteiger partial charge in [-0.25, -0.2) is 13.8 Å². The van der Waals surface area contributed by atoms with Gasteiger partial charge in [-0.15, -0.1) is 0 Å². The summed E-state index contributed by atoms with van der Waals surface area (Å²) >= 11 is 5.99. The molecule has 4 rings (SSSR count). The maximum absolute atomic E-state index is 13.6. The summed E-state index contributed by atoms with van der Waals surface area (Å²) < 4.78 is 37.5. The largest absolute Gasteiger partial charge is 0.504 e. The average molecular weight is 415 g/mol. The summed E-state index contributed by atoms with van der Waals surface area (Å²) in [5, 5.41) is 10.1. The Kier molecular flexibility index (Phi) is 4.90. The molecule has 0 bridgehead atoms. The molecule has 3 aromatic carbocycles. The van der Waals surface area contributed by atoms with Crippen LogP contribution in [0.5, 0.6) is 11.5 Å². The van der Waals surface area contributed by atoms with E-state index >= 15 is 0 Å². The number of nitrogens with zero attached hydrogens (tertiary/aromatic N) is 2. The third-order valence-electron chi connectivity index (χ3n) is 4.21. The standard InChI is InChI=1S/C21H13ClF2N2O3/c1-28-19-4-2-3-11(20(19)27)10-25-12-5-6-18-17(7-12)26-21(29-18)13-8-15(23)16(24)9-14(13)22/h2-10,27H,1H3. The van der Waals surface area contributed by atoms with Gasteiger partial charge in [-0.2, -0.15) is 0 Å². The quantitative estimate of drug-likeness (QED) is 0.334. The molecule has 29 heavy (non-hydrogen) atoms. The molecule has 0 fully saturated rings. The van der Waals surface area contributed by atoms with Gasteiger partial charge in [0.15, 0.2) is 28.7 Å². The number of ether oxygens (including phenoxy) is 1. The highest BCUT2D eigenvalue weighted by molar-refractivity contribution is 6.33. The smallest absolute Gasteiger partial charge is 0.228 e. The van der Waals surface area contributed by atoms with Crippen LogP contribution < -0.4 is 4.74 Å². The number of halogens is 3. The van der Waals surface area contributed by atoms with E-state index in [2.05, 4.69) is 9.98 Å². The fourth-order valence-electron chi connectivity index (χ4n) is 2.75. The highest BCUT2D eigenvalue weighted by atomic mass is 35.5. The van der Waals surface area contributed by atoms with Gasteiger partial charge in [-0.1, -0.05) is 17.7 Å².